The number of carbonyl (C=O) groups excluding carboxylic acids is 2. The maximum atomic E-state index is 13.2. The van der Waals surface area contributed by atoms with Crippen molar-refractivity contribution in [1.29, 1.82) is 0 Å². The number of nitrogens with zero attached hydrogens (tertiary/aromatic N) is 1. The van der Waals surface area contributed by atoms with Crippen LogP contribution in [-0.4, -0.2) is 41.1 Å². The summed E-state index contributed by atoms with van der Waals surface area (Å²) in [5.41, 5.74) is 1.19. The fraction of sp³-hybridized carbons (Fsp3) is 0.462. The molecular formula is C26H34N2O2S. The summed E-state index contributed by atoms with van der Waals surface area (Å²) in [6.07, 6.45) is 6.27. The summed E-state index contributed by atoms with van der Waals surface area (Å²) in [4.78, 5) is 29.3. The van der Waals surface area contributed by atoms with Gasteiger partial charge in [-0.1, -0.05) is 68.3 Å². The second-order valence-corrected chi connectivity index (χ2v) is 9.32. The van der Waals surface area contributed by atoms with Crippen LogP contribution in [0.3, 0.4) is 0 Å². The molecule has 1 atom stereocenters. The van der Waals surface area contributed by atoms with E-state index in [1.54, 1.807) is 11.8 Å². The van der Waals surface area contributed by atoms with Gasteiger partial charge < -0.3 is 10.2 Å². The Balaban J connectivity index is 1.64. The van der Waals surface area contributed by atoms with E-state index in [0.717, 1.165) is 24.2 Å². The Kier molecular flexibility index (Phi) is 9.47. The van der Waals surface area contributed by atoms with Crippen molar-refractivity contribution in [2.75, 3.05) is 12.3 Å². The molecule has 1 N–H and O–H groups in total. The van der Waals surface area contributed by atoms with E-state index in [4.69, 9.17) is 0 Å². The van der Waals surface area contributed by atoms with E-state index in [2.05, 4.69) is 29.6 Å². The fourth-order valence-electron chi connectivity index (χ4n) is 4.18. The van der Waals surface area contributed by atoms with E-state index >= 15 is 0 Å². The second-order valence-electron chi connectivity index (χ2n) is 8.15. The van der Waals surface area contributed by atoms with Gasteiger partial charge in [-0.2, -0.15) is 0 Å². The molecule has 1 aliphatic carbocycles. The quantitative estimate of drug-likeness (QED) is 0.498. The first kappa shape index (κ1) is 23.4. The van der Waals surface area contributed by atoms with E-state index in [-0.39, 0.29) is 17.9 Å². The van der Waals surface area contributed by atoms with Gasteiger partial charge in [0.2, 0.25) is 11.8 Å². The molecule has 2 aromatic rings. The number of thioether (sulfide) groups is 1. The summed E-state index contributed by atoms with van der Waals surface area (Å²) in [6.45, 7) is 2.57. The minimum atomic E-state index is -0.404. The highest BCUT2D eigenvalue weighted by atomic mass is 32.2. The molecule has 2 aromatic carbocycles. The van der Waals surface area contributed by atoms with Crippen LogP contribution in [0.2, 0.25) is 0 Å². The van der Waals surface area contributed by atoms with Gasteiger partial charge in [-0.05, 0) is 43.4 Å². The molecule has 3 rings (SSSR count). The minimum Gasteiger partial charge on any atom is -0.352 e. The summed E-state index contributed by atoms with van der Waals surface area (Å²) in [6, 6.07) is 20.2. The lowest BCUT2D eigenvalue weighted by Gasteiger charge is -2.31. The molecule has 1 saturated carbocycles. The monoisotopic (exact) mass is 438 g/mol. The number of rotatable bonds is 11. The van der Waals surface area contributed by atoms with E-state index < -0.39 is 6.04 Å². The van der Waals surface area contributed by atoms with E-state index in [0.29, 0.717) is 25.1 Å². The Labute approximate surface area is 190 Å². The van der Waals surface area contributed by atoms with E-state index in [1.807, 2.05) is 48.2 Å². The van der Waals surface area contributed by atoms with Gasteiger partial charge in [0.1, 0.15) is 6.04 Å². The minimum absolute atomic E-state index is 0.00604. The largest absolute Gasteiger partial charge is 0.352 e. The molecule has 0 aromatic heterocycles. The van der Waals surface area contributed by atoms with Crippen LogP contribution in [0.15, 0.2) is 65.6 Å². The van der Waals surface area contributed by atoms with Crippen LogP contribution in [0.25, 0.3) is 0 Å². The Morgan fingerprint density at radius 3 is 2.32 bits per heavy atom. The van der Waals surface area contributed by atoms with Crippen molar-refractivity contribution in [2.24, 2.45) is 0 Å². The van der Waals surface area contributed by atoms with Crippen LogP contribution in [0.5, 0.6) is 0 Å². The molecule has 0 aliphatic heterocycles. The molecule has 0 unspecified atom stereocenters. The highest BCUT2D eigenvalue weighted by Crippen LogP contribution is 2.21. The lowest BCUT2D eigenvalue weighted by Crippen LogP contribution is -2.51. The zero-order valence-corrected chi connectivity index (χ0v) is 19.3. The molecule has 0 radical (unpaired) electrons. The third kappa shape index (κ3) is 7.42. The van der Waals surface area contributed by atoms with E-state index in [1.165, 1.54) is 18.4 Å². The summed E-state index contributed by atoms with van der Waals surface area (Å²) in [5.74, 6) is 0.782. The van der Waals surface area contributed by atoms with Gasteiger partial charge in [-0.15, -0.1) is 11.8 Å². The maximum Gasteiger partial charge on any atom is 0.243 e. The zero-order chi connectivity index (χ0) is 21.9. The second kappa shape index (κ2) is 12.6. The van der Waals surface area contributed by atoms with Crippen LogP contribution in [-0.2, 0) is 16.0 Å². The Morgan fingerprint density at radius 2 is 1.68 bits per heavy atom. The summed E-state index contributed by atoms with van der Waals surface area (Å²) < 4.78 is 0. The first-order valence-electron chi connectivity index (χ1n) is 11.5. The number of carbonyl (C=O) groups is 2. The van der Waals surface area contributed by atoms with Crippen LogP contribution in [0.1, 0.15) is 51.0 Å². The Hall–Kier alpha value is -2.27. The van der Waals surface area contributed by atoms with Crippen LogP contribution in [0.4, 0.5) is 0 Å². The summed E-state index contributed by atoms with van der Waals surface area (Å²) >= 11 is 1.69. The average molecular weight is 439 g/mol. The van der Waals surface area contributed by atoms with Crippen molar-refractivity contribution in [2.45, 2.75) is 68.8 Å². The van der Waals surface area contributed by atoms with Crippen molar-refractivity contribution in [1.82, 2.24) is 10.2 Å². The molecule has 166 valence electrons. The molecule has 2 amide bonds. The third-order valence-electron chi connectivity index (χ3n) is 5.90. The third-order valence-corrected chi connectivity index (χ3v) is 6.91. The van der Waals surface area contributed by atoms with Crippen molar-refractivity contribution in [3.05, 3.63) is 66.2 Å². The number of hydrogen-bond donors (Lipinski definition) is 1. The predicted octanol–water partition coefficient (Wildman–Crippen LogP) is 5.08. The first-order chi connectivity index (χ1) is 15.2. The lowest BCUT2D eigenvalue weighted by atomic mass is 10.1. The molecule has 0 heterocycles. The average Bonchev–Trinajstić information content (AvgIpc) is 3.31. The van der Waals surface area contributed by atoms with Gasteiger partial charge in [0.05, 0.1) is 0 Å². The van der Waals surface area contributed by atoms with Crippen molar-refractivity contribution < 1.29 is 9.59 Å². The SMILES string of the molecule is CC[C@@H](C(=O)NC1CCCC1)N(CCc1ccccc1)C(=O)CCSc1ccccc1. The summed E-state index contributed by atoms with van der Waals surface area (Å²) in [5, 5.41) is 3.21. The van der Waals surface area contributed by atoms with Crippen molar-refractivity contribution >= 4 is 23.6 Å². The molecule has 0 saturated heterocycles. The molecule has 1 aliphatic rings. The van der Waals surface area contributed by atoms with Gasteiger partial charge in [-0.3, -0.25) is 9.59 Å². The van der Waals surface area contributed by atoms with Gasteiger partial charge in [-0.25, -0.2) is 0 Å². The van der Waals surface area contributed by atoms with Crippen LogP contribution < -0.4 is 5.32 Å². The molecule has 4 nitrogen and oxygen atoms in total. The van der Waals surface area contributed by atoms with Crippen molar-refractivity contribution in [3.63, 3.8) is 0 Å². The fourth-order valence-corrected chi connectivity index (χ4v) is 5.04. The smallest absolute Gasteiger partial charge is 0.243 e. The van der Waals surface area contributed by atoms with Crippen molar-refractivity contribution in [3.8, 4) is 0 Å². The number of benzene rings is 2. The lowest BCUT2D eigenvalue weighted by molar-refractivity contribution is -0.140. The molecule has 31 heavy (non-hydrogen) atoms. The molecule has 0 bridgehead atoms. The highest BCUT2D eigenvalue weighted by molar-refractivity contribution is 7.99. The van der Waals surface area contributed by atoms with E-state index in [9.17, 15) is 9.59 Å². The van der Waals surface area contributed by atoms with Crippen LogP contribution >= 0.6 is 11.8 Å². The normalized spacial score (nSPS) is 14.9. The maximum absolute atomic E-state index is 13.2. The molecule has 1 fully saturated rings. The standard InChI is InChI=1S/C26H34N2O2S/c1-2-24(26(30)27-22-13-9-10-14-22)28(19-17-21-11-5-3-6-12-21)25(29)18-20-31-23-15-7-4-8-16-23/h3-8,11-12,15-16,22,24H,2,9-10,13-14,17-20H2,1H3,(H,27,30)/t24-/m0/s1. The summed E-state index contributed by atoms with van der Waals surface area (Å²) in [7, 11) is 0. The molecule has 0 spiro atoms. The first-order valence-corrected chi connectivity index (χ1v) is 12.5. The van der Waals surface area contributed by atoms with Gasteiger partial charge in [0.15, 0.2) is 0 Å². The zero-order valence-electron chi connectivity index (χ0n) is 18.5. The van der Waals surface area contributed by atoms with Gasteiger partial charge in [0.25, 0.3) is 0 Å². The highest BCUT2D eigenvalue weighted by Gasteiger charge is 2.30. The van der Waals surface area contributed by atoms with Gasteiger partial charge >= 0.3 is 0 Å². The Bertz CT molecular complexity index is 807. The number of nitrogens with one attached hydrogen (secondary N) is 1. The van der Waals surface area contributed by atoms with Crippen LogP contribution in [0, 0.1) is 0 Å². The van der Waals surface area contributed by atoms with Gasteiger partial charge in [0, 0.05) is 29.7 Å². The molecular weight excluding hydrogens is 404 g/mol. The topological polar surface area (TPSA) is 49.4 Å². The number of amides is 2. The molecule has 5 heteroatoms. The predicted molar refractivity (Wildman–Crippen MR) is 128 cm³/mol. The Morgan fingerprint density at radius 1 is 1.03 bits per heavy atom. The number of hydrogen-bond acceptors (Lipinski definition) is 3.